The molecule has 8 heteroatoms. The van der Waals surface area contributed by atoms with E-state index in [1.54, 1.807) is 6.07 Å². The Kier molecular flexibility index (Phi) is 6.05. The van der Waals surface area contributed by atoms with Gasteiger partial charge in [0.2, 0.25) is 0 Å². The van der Waals surface area contributed by atoms with Crippen LogP contribution in [0.4, 0.5) is 4.79 Å². The molecule has 0 aliphatic carbocycles. The van der Waals surface area contributed by atoms with Gasteiger partial charge in [0.25, 0.3) is 5.91 Å². The summed E-state index contributed by atoms with van der Waals surface area (Å²) in [5, 5.41) is 5.69. The molecule has 3 amide bonds. The highest BCUT2D eigenvalue weighted by molar-refractivity contribution is 7.21. The highest BCUT2D eigenvalue weighted by Gasteiger charge is 2.19. The summed E-state index contributed by atoms with van der Waals surface area (Å²) in [6, 6.07) is 15.9. The van der Waals surface area contributed by atoms with Crippen molar-refractivity contribution in [2.24, 2.45) is 0 Å². The smallest absolute Gasteiger partial charge is 0.350 e. The Morgan fingerprint density at radius 3 is 2.44 bits per heavy atom. The fraction of sp³-hybridized carbons (Fsp3) is 0.105. The summed E-state index contributed by atoms with van der Waals surface area (Å²) >= 11 is 7.38. The van der Waals surface area contributed by atoms with Crippen molar-refractivity contribution in [1.82, 2.24) is 10.6 Å². The van der Waals surface area contributed by atoms with Crippen LogP contribution in [-0.2, 0) is 16.1 Å². The summed E-state index contributed by atoms with van der Waals surface area (Å²) in [4.78, 5) is 35.9. The third-order valence-corrected chi connectivity index (χ3v) is 5.26. The Balaban J connectivity index is 1.48. The van der Waals surface area contributed by atoms with Crippen LogP contribution in [0.1, 0.15) is 15.2 Å². The van der Waals surface area contributed by atoms with Crippen molar-refractivity contribution in [3.05, 3.63) is 70.1 Å². The summed E-state index contributed by atoms with van der Waals surface area (Å²) in [6.07, 6.45) is 0. The summed E-state index contributed by atoms with van der Waals surface area (Å²) in [6.45, 7) is -0.306. The van der Waals surface area contributed by atoms with E-state index in [1.807, 2.05) is 48.5 Å². The number of hydrogen-bond acceptors (Lipinski definition) is 5. The minimum absolute atomic E-state index is 0.221. The van der Waals surface area contributed by atoms with E-state index >= 15 is 0 Å². The zero-order chi connectivity index (χ0) is 19.2. The lowest BCUT2D eigenvalue weighted by molar-refractivity contribution is -0.123. The van der Waals surface area contributed by atoms with E-state index < -0.39 is 24.5 Å². The molecular formula is C19H15ClN2O4S. The maximum Gasteiger partial charge on any atom is 0.350 e. The van der Waals surface area contributed by atoms with Crippen LogP contribution in [0.2, 0.25) is 5.02 Å². The molecule has 0 spiro atoms. The van der Waals surface area contributed by atoms with Gasteiger partial charge in [-0.2, -0.15) is 0 Å². The van der Waals surface area contributed by atoms with Gasteiger partial charge in [0, 0.05) is 16.6 Å². The van der Waals surface area contributed by atoms with Crippen LogP contribution in [-0.4, -0.2) is 24.5 Å². The van der Waals surface area contributed by atoms with Crippen LogP contribution in [0.5, 0.6) is 0 Å². The molecule has 0 fully saturated rings. The van der Waals surface area contributed by atoms with E-state index in [0.29, 0.717) is 5.02 Å². The van der Waals surface area contributed by atoms with E-state index in [2.05, 4.69) is 10.6 Å². The molecule has 0 saturated heterocycles. The molecule has 3 rings (SSSR count). The summed E-state index contributed by atoms with van der Waals surface area (Å²) in [7, 11) is 0. The van der Waals surface area contributed by atoms with Gasteiger partial charge in [-0.15, -0.1) is 11.3 Å². The van der Waals surface area contributed by atoms with Crippen molar-refractivity contribution in [2.75, 3.05) is 6.61 Å². The quantitative estimate of drug-likeness (QED) is 0.637. The van der Waals surface area contributed by atoms with E-state index in [-0.39, 0.29) is 11.4 Å². The number of amides is 3. The average Bonchev–Trinajstić information content (AvgIpc) is 3.02. The van der Waals surface area contributed by atoms with Gasteiger partial charge >= 0.3 is 12.0 Å². The van der Waals surface area contributed by atoms with Gasteiger partial charge < -0.3 is 10.1 Å². The van der Waals surface area contributed by atoms with E-state index in [4.69, 9.17) is 16.3 Å². The highest BCUT2D eigenvalue weighted by Crippen LogP contribution is 2.35. The number of hydrogen-bond donors (Lipinski definition) is 2. The summed E-state index contributed by atoms with van der Waals surface area (Å²) in [5.41, 5.74) is 0.894. The first-order valence-corrected chi connectivity index (χ1v) is 9.20. The number of carbonyl (C=O) groups excluding carboxylic acids is 3. The minimum atomic E-state index is -0.730. The fourth-order valence-corrected chi connectivity index (χ4v) is 3.73. The van der Waals surface area contributed by atoms with Crippen LogP contribution < -0.4 is 10.6 Å². The number of benzene rings is 2. The SMILES string of the molecule is O=C(COC(=O)c1sc2ccccc2c1Cl)NC(=O)NCc1ccccc1. The van der Waals surface area contributed by atoms with Gasteiger partial charge in [0.1, 0.15) is 4.88 Å². The van der Waals surface area contributed by atoms with Crippen LogP contribution in [0.25, 0.3) is 10.1 Å². The van der Waals surface area contributed by atoms with Crippen molar-refractivity contribution in [3.8, 4) is 0 Å². The summed E-state index contributed by atoms with van der Waals surface area (Å²) in [5.74, 6) is -1.44. The second kappa shape index (κ2) is 8.66. The Hall–Kier alpha value is -2.90. The number of imide groups is 1. The van der Waals surface area contributed by atoms with Crippen molar-refractivity contribution >= 4 is 50.9 Å². The lowest BCUT2D eigenvalue weighted by atomic mass is 10.2. The molecule has 0 atom stereocenters. The molecule has 0 aliphatic heterocycles. The molecule has 6 nitrogen and oxygen atoms in total. The number of halogens is 1. The minimum Gasteiger partial charge on any atom is -0.451 e. The Morgan fingerprint density at radius 1 is 1.00 bits per heavy atom. The Morgan fingerprint density at radius 2 is 1.70 bits per heavy atom. The van der Waals surface area contributed by atoms with Crippen LogP contribution in [0.3, 0.4) is 0 Å². The molecule has 2 N–H and O–H groups in total. The zero-order valence-electron chi connectivity index (χ0n) is 14.0. The Bertz CT molecular complexity index is 988. The molecule has 0 saturated carbocycles. The number of fused-ring (bicyclic) bond motifs is 1. The molecule has 1 heterocycles. The van der Waals surface area contributed by atoms with Gasteiger partial charge in [-0.25, -0.2) is 9.59 Å². The standard InChI is InChI=1S/C19H15ClN2O4S/c20-16-13-8-4-5-9-14(13)27-17(16)18(24)26-11-15(23)22-19(25)21-10-12-6-2-1-3-7-12/h1-9H,10-11H2,(H2,21,22,23,25). The number of carbonyl (C=O) groups is 3. The van der Waals surface area contributed by atoms with Crippen LogP contribution >= 0.6 is 22.9 Å². The number of esters is 1. The van der Waals surface area contributed by atoms with Gasteiger partial charge in [0.05, 0.1) is 5.02 Å². The topological polar surface area (TPSA) is 84.5 Å². The molecule has 0 bridgehead atoms. The number of ether oxygens (including phenoxy) is 1. The molecule has 2 aromatic carbocycles. The van der Waals surface area contributed by atoms with E-state index in [1.165, 1.54) is 11.3 Å². The molecule has 0 radical (unpaired) electrons. The molecule has 0 aliphatic rings. The monoisotopic (exact) mass is 402 g/mol. The molecule has 3 aromatic rings. The van der Waals surface area contributed by atoms with Crippen LogP contribution in [0.15, 0.2) is 54.6 Å². The third kappa shape index (κ3) is 4.84. The van der Waals surface area contributed by atoms with Crippen molar-refractivity contribution < 1.29 is 19.1 Å². The molecule has 138 valence electrons. The number of urea groups is 1. The number of thiophene rings is 1. The highest BCUT2D eigenvalue weighted by atomic mass is 35.5. The molecule has 27 heavy (non-hydrogen) atoms. The largest absolute Gasteiger partial charge is 0.451 e. The fourth-order valence-electron chi connectivity index (χ4n) is 2.33. The average molecular weight is 403 g/mol. The summed E-state index contributed by atoms with van der Waals surface area (Å²) < 4.78 is 5.81. The first-order chi connectivity index (χ1) is 13.0. The molecular weight excluding hydrogens is 388 g/mol. The second-order valence-corrected chi connectivity index (χ2v) is 6.96. The van der Waals surface area contributed by atoms with Gasteiger partial charge in [-0.1, -0.05) is 60.1 Å². The maximum atomic E-state index is 12.2. The zero-order valence-corrected chi connectivity index (χ0v) is 15.6. The van der Waals surface area contributed by atoms with Gasteiger partial charge in [-0.3, -0.25) is 10.1 Å². The van der Waals surface area contributed by atoms with Gasteiger partial charge in [-0.05, 0) is 11.6 Å². The maximum absolute atomic E-state index is 12.2. The predicted octanol–water partition coefficient (Wildman–Crippen LogP) is 3.74. The van der Waals surface area contributed by atoms with Crippen molar-refractivity contribution in [1.29, 1.82) is 0 Å². The van der Waals surface area contributed by atoms with Crippen molar-refractivity contribution in [3.63, 3.8) is 0 Å². The Labute approximate surface area is 164 Å². The number of nitrogens with one attached hydrogen (secondary N) is 2. The van der Waals surface area contributed by atoms with E-state index in [0.717, 1.165) is 15.6 Å². The predicted molar refractivity (Wildman–Crippen MR) is 104 cm³/mol. The van der Waals surface area contributed by atoms with Crippen LogP contribution in [0, 0.1) is 0 Å². The number of rotatable bonds is 5. The van der Waals surface area contributed by atoms with E-state index in [9.17, 15) is 14.4 Å². The molecule has 0 unspecified atom stereocenters. The molecule has 1 aromatic heterocycles. The lowest BCUT2D eigenvalue weighted by Gasteiger charge is -2.07. The van der Waals surface area contributed by atoms with Gasteiger partial charge in [0.15, 0.2) is 6.61 Å². The first kappa shape index (κ1) is 18.9. The second-order valence-electron chi connectivity index (χ2n) is 5.53. The first-order valence-electron chi connectivity index (χ1n) is 8.00. The third-order valence-electron chi connectivity index (χ3n) is 3.60. The normalized spacial score (nSPS) is 10.4. The van der Waals surface area contributed by atoms with Crippen molar-refractivity contribution in [2.45, 2.75) is 6.54 Å². The lowest BCUT2D eigenvalue weighted by Crippen LogP contribution is -2.41.